The Kier molecular flexibility index (Phi) is 5.64. The van der Waals surface area contributed by atoms with Gasteiger partial charge >= 0.3 is 0 Å². The summed E-state index contributed by atoms with van der Waals surface area (Å²) in [6.45, 7) is 0. The molecule has 0 aliphatic carbocycles. The lowest BCUT2D eigenvalue weighted by atomic mass is 10.1. The van der Waals surface area contributed by atoms with Crippen LogP contribution in [0.15, 0.2) is 58.5 Å². The van der Waals surface area contributed by atoms with Crippen LogP contribution in [-0.4, -0.2) is 38.9 Å². The molecule has 2 rings (SSSR count). The average molecular weight is 356 g/mol. The molecule has 1 amide bonds. The molecule has 0 aromatic heterocycles. The predicted octanol–water partition coefficient (Wildman–Crippen LogP) is 1.57. The topological polar surface area (TPSA) is 103 Å². The lowest BCUT2D eigenvalue weighted by molar-refractivity contribution is 0.0955. The van der Waals surface area contributed by atoms with E-state index in [-0.39, 0.29) is 10.5 Å². The van der Waals surface area contributed by atoms with Crippen molar-refractivity contribution in [1.29, 1.82) is 5.26 Å². The molecule has 0 aliphatic heterocycles. The molecule has 0 heterocycles. The van der Waals surface area contributed by atoms with Gasteiger partial charge in [0.2, 0.25) is 10.0 Å². The number of nitrogens with one attached hydrogen (secondary N) is 1. The van der Waals surface area contributed by atoms with Crippen LogP contribution >= 0.6 is 0 Å². The van der Waals surface area contributed by atoms with Gasteiger partial charge in [-0.1, -0.05) is 18.2 Å². The molecule has 2 aromatic rings. The predicted molar refractivity (Wildman–Crippen MR) is 93.5 cm³/mol. The minimum absolute atomic E-state index is 0.0239. The van der Waals surface area contributed by atoms with E-state index in [4.69, 9.17) is 5.26 Å². The first-order valence-corrected chi connectivity index (χ1v) is 8.65. The van der Waals surface area contributed by atoms with Crippen molar-refractivity contribution in [3.05, 3.63) is 65.2 Å². The highest BCUT2D eigenvalue weighted by molar-refractivity contribution is 7.89. The summed E-state index contributed by atoms with van der Waals surface area (Å²) in [5.74, 6) is -0.538. The third-order valence-corrected chi connectivity index (χ3v) is 5.08. The molecule has 0 unspecified atom stereocenters. The van der Waals surface area contributed by atoms with E-state index >= 15 is 0 Å². The number of carbonyl (C=O) groups is 1. The molecule has 0 atom stereocenters. The molecule has 0 radical (unpaired) electrons. The van der Waals surface area contributed by atoms with Crippen LogP contribution < -0.4 is 5.43 Å². The summed E-state index contributed by atoms with van der Waals surface area (Å²) in [5, 5.41) is 12.7. The van der Waals surface area contributed by atoms with Crippen LogP contribution in [0, 0.1) is 11.3 Å². The number of hydrazone groups is 1. The van der Waals surface area contributed by atoms with Crippen LogP contribution in [0.25, 0.3) is 0 Å². The molecular weight excluding hydrogens is 340 g/mol. The third-order valence-electron chi connectivity index (χ3n) is 3.27. The molecular formula is C17H16N4O3S. The minimum Gasteiger partial charge on any atom is -0.267 e. The molecule has 25 heavy (non-hydrogen) atoms. The van der Waals surface area contributed by atoms with Gasteiger partial charge in [-0.15, -0.1) is 0 Å². The second-order valence-electron chi connectivity index (χ2n) is 5.25. The number of nitriles is 1. The van der Waals surface area contributed by atoms with Crippen LogP contribution in [0.5, 0.6) is 0 Å². The van der Waals surface area contributed by atoms with Crippen molar-refractivity contribution >= 4 is 22.1 Å². The molecule has 128 valence electrons. The summed E-state index contributed by atoms with van der Waals surface area (Å²) in [6, 6.07) is 14.4. The van der Waals surface area contributed by atoms with Crippen LogP contribution in [0.3, 0.4) is 0 Å². The number of benzene rings is 2. The first-order chi connectivity index (χ1) is 11.8. The molecule has 0 saturated carbocycles. The quantitative estimate of drug-likeness (QED) is 0.649. The Labute approximate surface area is 146 Å². The van der Waals surface area contributed by atoms with Crippen LogP contribution in [0.1, 0.15) is 21.5 Å². The number of carbonyl (C=O) groups excluding carboxylic acids is 1. The van der Waals surface area contributed by atoms with E-state index < -0.39 is 15.9 Å². The fourth-order valence-corrected chi connectivity index (χ4v) is 2.88. The lowest BCUT2D eigenvalue weighted by Gasteiger charge is -2.11. The smallest absolute Gasteiger partial charge is 0.267 e. The second kappa shape index (κ2) is 7.70. The van der Waals surface area contributed by atoms with Crippen molar-refractivity contribution in [1.82, 2.24) is 9.73 Å². The molecule has 2 aromatic carbocycles. The normalized spacial score (nSPS) is 11.4. The van der Waals surface area contributed by atoms with Crippen LogP contribution in [0.2, 0.25) is 0 Å². The van der Waals surface area contributed by atoms with Crippen molar-refractivity contribution < 1.29 is 13.2 Å². The van der Waals surface area contributed by atoms with E-state index in [1.54, 1.807) is 24.3 Å². The maximum atomic E-state index is 12.1. The number of hydrogen-bond acceptors (Lipinski definition) is 5. The Morgan fingerprint density at radius 3 is 2.60 bits per heavy atom. The van der Waals surface area contributed by atoms with Gasteiger partial charge in [-0.2, -0.15) is 10.4 Å². The van der Waals surface area contributed by atoms with Crippen LogP contribution in [-0.2, 0) is 10.0 Å². The van der Waals surface area contributed by atoms with E-state index in [9.17, 15) is 13.2 Å². The summed E-state index contributed by atoms with van der Waals surface area (Å²) in [4.78, 5) is 12.1. The molecule has 8 heteroatoms. The van der Waals surface area contributed by atoms with Gasteiger partial charge < -0.3 is 0 Å². The lowest BCUT2D eigenvalue weighted by Crippen LogP contribution is -2.23. The van der Waals surface area contributed by atoms with E-state index in [0.29, 0.717) is 11.1 Å². The number of rotatable bonds is 5. The van der Waals surface area contributed by atoms with Gasteiger partial charge in [-0.05, 0) is 35.9 Å². The van der Waals surface area contributed by atoms with E-state index in [1.165, 1.54) is 44.6 Å². The molecule has 7 nitrogen and oxygen atoms in total. The number of amides is 1. The summed E-state index contributed by atoms with van der Waals surface area (Å²) < 4.78 is 25.3. The van der Waals surface area contributed by atoms with Crippen LogP contribution in [0.4, 0.5) is 0 Å². The van der Waals surface area contributed by atoms with Gasteiger partial charge in [-0.3, -0.25) is 4.79 Å². The van der Waals surface area contributed by atoms with Gasteiger partial charge in [0.15, 0.2) is 0 Å². The Morgan fingerprint density at radius 2 is 1.92 bits per heavy atom. The Morgan fingerprint density at radius 1 is 1.20 bits per heavy atom. The fraction of sp³-hybridized carbons (Fsp3) is 0.118. The maximum Gasteiger partial charge on any atom is 0.271 e. The zero-order valence-electron chi connectivity index (χ0n) is 13.7. The summed E-state index contributed by atoms with van der Waals surface area (Å²) in [7, 11) is -0.783. The highest BCUT2D eigenvalue weighted by Crippen LogP contribution is 2.14. The molecule has 0 aliphatic rings. The van der Waals surface area contributed by atoms with Gasteiger partial charge in [0.05, 0.1) is 22.7 Å². The molecule has 0 saturated heterocycles. The van der Waals surface area contributed by atoms with Crippen molar-refractivity contribution in [2.45, 2.75) is 4.90 Å². The maximum absolute atomic E-state index is 12.1. The van der Waals surface area contributed by atoms with E-state index in [1.807, 2.05) is 6.07 Å². The molecule has 0 fully saturated rings. The fourth-order valence-electron chi connectivity index (χ4n) is 1.93. The largest absolute Gasteiger partial charge is 0.271 e. The summed E-state index contributed by atoms with van der Waals surface area (Å²) in [6.07, 6.45) is 1.40. The van der Waals surface area contributed by atoms with Crippen molar-refractivity contribution in [3.8, 4) is 6.07 Å². The Balaban J connectivity index is 2.14. The molecule has 1 N–H and O–H groups in total. The molecule has 0 spiro atoms. The van der Waals surface area contributed by atoms with Gasteiger partial charge in [0, 0.05) is 19.7 Å². The van der Waals surface area contributed by atoms with E-state index in [2.05, 4.69) is 10.5 Å². The highest BCUT2D eigenvalue weighted by atomic mass is 32.2. The van der Waals surface area contributed by atoms with E-state index in [0.717, 1.165) is 4.31 Å². The zero-order chi connectivity index (χ0) is 18.4. The average Bonchev–Trinajstić information content (AvgIpc) is 2.61. The van der Waals surface area contributed by atoms with Gasteiger partial charge in [0.1, 0.15) is 0 Å². The minimum atomic E-state index is -3.62. The third kappa shape index (κ3) is 4.50. The highest BCUT2D eigenvalue weighted by Gasteiger charge is 2.18. The summed E-state index contributed by atoms with van der Waals surface area (Å²) >= 11 is 0. The molecule has 0 bridgehead atoms. The standard InChI is InChI=1S/C17H16N4O3S/c1-21(2)25(23,24)16-8-4-7-15(10-16)17(22)20-19-12-14-6-3-5-13(9-14)11-18/h3-10,12H,1-2H3,(H,20,22)/b19-12-. The van der Waals surface area contributed by atoms with Gasteiger partial charge in [0.25, 0.3) is 5.91 Å². The monoisotopic (exact) mass is 356 g/mol. The zero-order valence-corrected chi connectivity index (χ0v) is 14.5. The first-order valence-electron chi connectivity index (χ1n) is 7.21. The van der Waals surface area contributed by atoms with Crippen molar-refractivity contribution in [3.63, 3.8) is 0 Å². The van der Waals surface area contributed by atoms with Crippen molar-refractivity contribution in [2.75, 3.05) is 14.1 Å². The number of hydrogen-bond donors (Lipinski definition) is 1. The van der Waals surface area contributed by atoms with Gasteiger partial charge in [-0.25, -0.2) is 18.1 Å². The number of sulfonamides is 1. The second-order valence-corrected chi connectivity index (χ2v) is 7.40. The summed E-state index contributed by atoms with van der Waals surface area (Å²) in [5.41, 5.74) is 3.64. The number of nitrogens with zero attached hydrogens (tertiary/aromatic N) is 3. The Hall–Kier alpha value is -3.02. The van der Waals surface area contributed by atoms with Crippen molar-refractivity contribution in [2.24, 2.45) is 5.10 Å². The SMILES string of the molecule is CN(C)S(=O)(=O)c1cccc(C(=O)N/N=C\c2cccc(C#N)c2)c1. The first kappa shape index (κ1) is 18.3. The Bertz CT molecular complexity index is 960.